The van der Waals surface area contributed by atoms with Crippen LogP contribution in [0.3, 0.4) is 0 Å². The van der Waals surface area contributed by atoms with Gasteiger partial charge in [0.1, 0.15) is 0 Å². The van der Waals surface area contributed by atoms with Gasteiger partial charge in [-0.1, -0.05) is 35.4 Å². The number of halogens is 2. The summed E-state index contributed by atoms with van der Waals surface area (Å²) >= 11 is 11.6. The van der Waals surface area contributed by atoms with Crippen LogP contribution in [0.4, 0.5) is 0 Å². The SMILES string of the molecule is COC(=O)CC=Cc1cc(Cl)cc(Cl)c1. The lowest BCUT2D eigenvalue weighted by Crippen LogP contribution is -1.96. The summed E-state index contributed by atoms with van der Waals surface area (Å²) in [5.74, 6) is -0.278. The van der Waals surface area contributed by atoms with E-state index in [1.807, 2.05) is 0 Å². The number of hydrogen-bond acceptors (Lipinski definition) is 2. The van der Waals surface area contributed by atoms with Crippen LogP contribution in [0.15, 0.2) is 24.3 Å². The summed E-state index contributed by atoms with van der Waals surface area (Å²) in [4.78, 5) is 10.8. The lowest BCUT2D eigenvalue weighted by molar-refractivity contribution is -0.139. The second-order valence-electron chi connectivity index (χ2n) is 2.89. The van der Waals surface area contributed by atoms with Gasteiger partial charge in [0, 0.05) is 10.0 Å². The highest BCUT2D eigenvalue weighted by Gasteiger charge is 1.96. The Labute approximate surface area is 98.4 Å². The van der Waals surface area contributed by atoms with Gasteiger partial charge in [0.15, 0.2) is 0 Å². The highest BCUT2D eigenvalue weighted by atomic mass is 35.5. The van der Waals surface area contributed by atoms with E-state index in [0.717, 1.165) is 5.56 Å². The van der Waals surface area contributed by atoms with Crippen LogP contribution in [-0.2, 0) is 9.53 Å². The van der Waals surface area contributed by atoms with E-state index in [2.05, 4.69) is 4.74 Å². The molecule has 0 unspecified atom stereocenters. The van der Waals surface area contributed by atoms with E-state index in [9.17, 15) is 4.79 Å². The molecule has 15 heavy (non-hydrogen) atoms. The predicted molar refractivity (Wildman–Crippen MR) is 62.1 cm³/mol. The Morgan fingerprint density at radius 1 is 1.33 bits per heavy atom. The molecular formula is C11H10Cl2O2. The zero-order valence-electron chi connectivity index (χ0n) is 8.17. The first-order valence-corrected chi connectivity index (χ1v) is 5.07. The summed E-state index contributed by atoms with van der Waals surface area (Å²) in [6.45, 7) is 0. The number of carbonyl (C=O) groups is 1. The maximum absolute atomic E-state index is 10.8. The van der Waals surface area contributed by atoms with E-state index in [4.69, 9.17) is 23.2 Å². The zero-order chi connectivity index (χ0) is 11.3. The summed E-state index contributed by atoms with van der Waals surface area (Å²) in [5, 5.41) is 1.14. The highest BCUT2D eigenvalue weighted by Crippen LogP contribution is 2.19. The molecule has 0 aliphatic carbocycles. The van der Waals surface area contributed by atoms with Gasteiger partial charge >= 0.3 is 5.97 Å². The molecule has 80 valence electrons. The summed E-state index contributed by atoms with van der Waals surface area (Å²) < 4.78 is 4.49. The average Bonchev–Trinajstić information content (AvgIpc) is 2.16. The van der Waals surface area contributed by atoms with Crippen LogP contribution in [0.25, 0.3) is 6.08 Å². The largest absolute Gasteiger partial charge is 0.469 e. The second kappa shape index (κ2) is 5.79. The summed E-state index contributed by atoms with van der Waals surface area (Å²) in [6, 6.07) is 5.18. The summed E-state index contributed by atoms with van der Waals surface area (Å²) in [7, 11) is 1.35. The van der Waals surface area contributed by atoms with Crippen LogP contribution in [0.2, 0.25) is 10.0 Å². The summed E-state index contributed by atoms with van der Waals surface area (Å²) in [6.07, 6.45) is 3.71. The highest BCUT2D eigenvalue weighted by molar-refractivity contribution is 6.34. The molecule has 0 aromatic heterocycles. The Bertz CT molecular complexity index is 366. The van der Waals surface area contributed by atoms with Crippen LogP contribution in [0.5, 0.6) is 0 Å². The molecule has 0 heterocycles. The van der Waals surface area contributed by atoms with Gasteiger partial charge in [-0.15, -0.1) is 0 Å². The molecule has 1 aromatic rings. The van der Waals surface area contributed by atoms with Crippen molar-refractivity contribution in [3.8, 4) is 0 Å². The van der Waals surface area contributed by atoms with E-state index in [1.165, 1.54) is 7.11 Å². The molecule has 1 aromatic carbocycles. The molecule has 0 spiro atoms. The fraction of sp³-hybridized carbons (Fsp3) is 0.182. The van der Waals surface area contributed by atoms with Gasteiger partial charge in [-0.2, -0.15) is 0 Å². The molecule has 0 aliphatic rings. The molecule has 0 radical (unpaired) electrons. The number of methoxy groups -OCH3 is 1. The average molecular weight is 245 g/mol. The van der Waals surface area contributed by atoms with Gasteiger partial charge in [0.25, 0.3) is 0 Å². The van der Waals surface area contributed by atoms with Crippen molar-refractivity contribution in [3.63, 3.8) is 0 Å². The maximum atomic E-state index is 10.8. The minimum atomic E-state index is -0.278. The van der Waals surface area contributed by atoms with E-state index in [1.54, 1.807) is 30.4 Å². The molecule has 1 rings (SSSR count). The minimum absolute atomic E-state index is 0.237. The molecular weight excluding hydrogens is 235 g/mol. The third-order valence-corrected chi connectivity index (χ3v) is 2.14. The number of rotatable bonds is 3. The van der Waals surface area contributed by atoms with Crippen LogP contribution in [0, 0.1) is 0 Å². The quantitative estimate of drug-likeness (QED) is 0.761. The first kappa shape index (κ1) is 12.1. The van der Waals surface area contributed by atoms with Crippen LogP contribution >= 0.6 is 23.2 Å². The number of hydrogen-bond donors (Lipinski definition) is 0. The molecule has 0 atom stereocenters. The first-order chi connectivity index (χ1) is 7.11. The van der Waals surface area contributed by atoms with Crippen molar-refractivity contribution in [1.82, 2.24) is 0 Å². The van der Waals surface area contributed by atoms with Crippen molar-refractivity contribution in [2.24, 2.45) is 0 Å². The van der Waals surface area contributed by atoms with Gasteiger partial charge in [0.05, 0.1) is 13.5 Å². The van der Waals surface area contributed by atoms with Crippen molar-refractivity contribution in [2.75, 3.05) is 7.11 Å². The van der Waals surface area contributed by atoms with Crippen molar-refractivity contribution in [3.05, 3.63) is 39.9 Å². The molecule has 2 nitrogen and oxygen atoms in total. The Kier molecular flexibility index (Phi) is 4.66. The standard InChI is InChI=1S/C11H10Cl2O2/c1-15-11(14)4-2-3-8-5-9(12)7-10(13)6-8/h2-3,5-7H,4H2,1H3. The summed E-state index contributed by atoms with van der Waals surface area (Å²) in [5.41, 5.74) is 0.858. The molecule has 0 saturated heterocycles. The van der Waals surface area contributed by atoms with E-state index >= 15 is 0 Å². The number of carbonyl (C=O) groups excluding carboxylic acids is 1. The Balaban J connectivity index is 2.68. The lowest BCUT2D eigenvalue weighted by Gasteiger charge is -1.97. The fourth-order valence-electron chi connectivity index (χ4n) is 1.05. The Morgan fingerprint density at radius 3 is 2.47 bits per heavy atom. The third kappa shape index (κ3) is 4.36. The Morgan fingerprint density at radius 2 is 1.93 bits per heavy atom. The molecule has 0 N–H and O–H groups in total. The molecule has 0 bridgehead atoms. The molecule has 0 aliphatic heterocycles. The van der Waals surface area contributed by atoms with Crippen LogP contribution < -0.4 is 0 Å². The van der Waals surface area contributed by atoms with E-state index < -0.39 is 0 Å². The minimum Gasteiger partial charge on any atom is -0.469 e. The van der Waals surface area contributed by atoms with Gasteiger partial charge in [-0.05, 0) is 23.8 Å². The number of ether oxygens (including phenoxy) is 1. The number of benzene rings is 1. The molecule has 4 heteroatoms. The fourth-order valence-corrected chi connectivity index (χ4v) is 1.59. The van der Waals surface area contributed by atoms with Gasteiger partial charge < -0.3 is 4.74 Å². The van der Waals surface area contributed by atoms with Gasteiger partial charge in [0.2, 0.25) is 0 Å². The van der Waals surface area contributed by atoms with Crippen molar-refractivity contribution in [2.45, 2.75) is 6.42 Å². The molecule has 0 amide bonds. The normalized spacial score (nSPS) is 10.6. The molecule has 0 fully saturated rings. The maximum Gasteiger partial charge on any atom is 0.309 e. The third-order valence-electron chi connectivity index (χ3n) is 1.71. The zero-order valence-corrected chi connectivity index (χ0v) is 9.68. The van der Waals surface area contributed by atoms with E-state index in [0.29, 0.717) is 10.0 Å². The van der Waals surface area contributed by atoms with Crippen LogP contribution in [0.1, 0.15) is 12.0 Å². The second-order valence-corrected chi connectivity index (χ2v) is 3.76. The van der Waals surface area contributed by atoms with Crippen molar-refractivity contribution in [1.29, 1.82) is 0 Å². The lowest BCUT2D eigenvalue weighted by atomic mass is 10.2. The van der Waals surface area contributed by atoms with Gasteiger partial charge in [-0.25, -0.2) is 0 Å². The smallest absolute Gasteiger partial charge is 0.309 e. The molecule has 0 saturated carbocycles. The number of esters is 1. The predicted octanol–water partition coefficient (Wildman–Crippen LogP) is 3.57. The van der Waals surface area contributed by atoms with E-state index in [-0.39, 0.29) is 12.4 Å². The van der Waals surface area contributed by atoms with Crippen molar-refractivity contribution < 1.29 is 9.53 Å². The topological polar surface area (TPSA) is 26.3 Å². The van der Waals surface area contributed by atoms with Crippen molar-refractivity contribution >= 4 is 35.2 Å². The first-order valence-electron chi connectivity index (χ1n) is 4.31. The Hall–Kier alpha value is -0.990. The van der Waals surface area contributed by atoms with Gasteiger partial charge in [-0.3, -0.25) is 4.79 Å². The van der Waals surface area contributed by atoms with Crippen LogP contribution in [-0.4, -0.2) is 13.1 Å². The monoisotopic (exact) mass is 244 g/mol.